The van der Waals surface area contributed by atoms with E-state index < -0.39 is 10.1 Å². The van der Waals surface area contributed by atoms with Gasteiger partial charge in [0, 0.05) is 5.56 Å². The molecule has 86 valence electrons. The van der Waals surface area contributed by atoms with Crippen LogP contribution in [0, 0.1) is 0 Å². The highest BCUT2D eigenvalue weighted by Gasteiger charge is 2.05. The third kappa shape index (κ3) is 3.51. The zero-order chi connectivity index (χ0) is 12.2. The van der Waals surface area contributed by atoms with E-state index in [0.717, 1.165) is 17.4 Å². The number of hydrogen-bond acceptors (Lipinski definition) is 4. The summed E-state index contributed by atoms with van der Waals surface area (Å²) in [6.07, 6.45) is 2.62. The van der Waals surface area contributed by atoms with Gasteiger partial charge in [-0.25, -0.2) is 0 Å². The molecule has 0 N–H and O–H groups in total. The Labute approximate surface area is 95.4 Å². The lowest BCUT2D eigenvalue weighted by Crippen LogP contribution is -2.03. The Kier molecular flexibility index (Phi) is 3.84. The molecule has 0 aliphatic rings. The van der Waals surface area contributed by atoms with E-state index in [9.17, 15) is 8.42 Å². The number of nitrogens with zero attached hydrogens (tertiary/aromatic N) is 1. The molecule has 0 aliphatic heterocycles. The first-order valence-electron chi connectivity index (χ1n) is 4.59. The van der Waals surface area contributed by atoms with Crippen LogP contribution in [0.5, 0.6) is 0 Å². The van der Waals surface area contributed by atoms with Crippen LogP contribution < -0.4 is 0 Å². The molecule has 0 saturated carbocycles. The van der Waals surface area contributed by atoms with Crippen LogP contribution in [-0.2, 0) is 14.4 Å². The van der Waals surface area contributed by atoms with Crippen LogP contribution in [0.15, 0.2) is 36.0 Å². The molecule has 0 atom stereocenters. The van der Waals surface area contributed by atoms with Crippen molar-refractivity contribution in [3.05, 3.63) is 42.0 Å². The fraction of sp³-hybridized carbons (Fsp3) is 0.182. The predicted octanol–water partition coefficient (Wildman–Crippen LogP) is 2.03. The van der Waals surface area contributed by atoms with Crippen molar-refractivity contribution >= 4 is 21.9 Å². The lowest BCUT2D eigenvalue weighted by Gasteiger charge is -2.04. The van der Waals surface area contributed by atoms with Gasteiger partial charge in [-0.3, -0.25) is 4.28 Å². The lowest BCUT2D eigenvalue weighted by atomic mass is 10.0. The van der Waals surface area contributed by atoms with E-state index in [4.69, 9.17) is 0 Å². The maximum atomic E-state index is 10.8. The molecule has 0 aliphatic carbocycles. The number of benzene rings is 1. The maximum absolute atomic E-state index is 10.8. The Balaban J connectivity index is 3.05. The smallest absolute Gasteiger partial charge is 0.268 e. The van der Waals surface area contributed by atoms with Gasteiger partial charge in [-0.15, -0.1) is 0 Å². The van der Waals surface area contributed by atoms with Gasteiger partial charge in [-0.1, -0.05) is 42.1 Å². The van der Waals surface area contributed by atoms with Gasteiger partial charge in [0.1, 0.15) is 0 Å². The molecule has 1 rings (SSSR count). The van der Waals surface area contributed by atoms with Gasteiger partial charge in [-0.05, 0) is 12.5 Å². The second-order valence-corrected chi connectivity index (χ2v) is 4.80. The molecule has 1 aromatic rings. The van der Waals surface area contributed by atoms with Crippen molar-refractivity contribution in [2.75, 3.05) is 6.26 Å². The van der Waals surface area contributed by atoms with E-state index in [1.807, 2.05) is 24.3 Å². The minimum atomic E-state index is -3.56. The molecule has 16 heavy (non-hydrogen) atoms. The number of oxime groups is 1. The predicted molar refractivity (Wildman–Crippen MR) is 64.7 cm³/mol. The highest BCUT2D eigenvalue weighted by molar-refractivity contribution is 7.85. The first-order valence-corrected chi connectivity index (χ1v) is 6.41. The van der Waals surface area contributed by atoms with Crippen LogP contribution in [0.4, 0.5) is 0 Å². The van der Waals surface area contributed by atoms with Gasteiger partial charge in [0.25, 0.3) is 0 Å². The number of rotatable bonds is 4. The van der Waals surface area contributed by atoms with Gasteiger partial charge >= 0.3 is 10.1 Å². The fourth-order valence-corrected chi connectivity index (χ4v) is 1.42. The van der Waals surface area contributed by atoms with Crippen molar-refractivity contribution in [3.63, 3.8) is 0 Å². The summed E-state index contributed by atoms with van der Waals surface area (Å²) >= 11 is 0. The lowest BCUT2D eigenvalue weighted by molar-refractivity contribution is 0.343. The van der Waals surface area contributed by atoms with Gasteiger partial charge in [0.05, 0.1) is 12.0 Å². The molecular weight excluding hydrogens is 226 g/mol. The Hall–Kier alpha value is -1.62. The largest absolute Gasteiger partial charge is 0.325 e. The Bertz CT molecular complexity index is 518. The maximum Gasteiger partial charge on any atom is 0.325 e. The van der Waals surface area contributed by atoms with Gasteiger partial charge in [-0.2, -0.15) is 8.42 Å². The molecule has 0 unspecified atom stereocenters. The average molecular weight is 239 g/mol. The van der Waals surface area contributed by atoms with Crippen LogP contribution in [0.1, 0.15) is 18.1 Å². The zero-order valence-electron chi connectivity index (χ0n) is 9.17. The second-order valence-electron chi connectivity index (χ2n) is 3.25. The highest BCUT2D eigenvalue weighted by Crippen LogP contribution is 2.11. The van der Waals surface area contributed by atoms with Crippen LogP contribution in [0.2, 0.25) is 0 Å². The SMILES string of the molecule is C=Cc1ccccc1C(C)=NOS(C)(=O)=O. The minimum absolute atomic E-state index is 0.487. The van der Waals surface area contributed by atoms with Crippen LogP contribution in [0.3, 0.4) is 0 Å². The third-order valence-electron chi connectivity index (χ3n) is 1.88. The molecule has 5 heteroatoms. The van der Waals surface area contributed by atoms with Crippen molar-refractivity contribution in [1.82, 2.24) is 0 Å². The van der Waals surface area contributed by atoms with Gasteiger partial charge in [0.15, 0.2) is 0 Å². The summed E-state index contributed by atoms with van der Waals surface area (Å²) in [5, 5.41) is 3.56. The zero-order valence-corrected chi connectivity index (χ0v) is 9.99. The summed E-state index contributed by atoms with van der Waals surface area (Å²) in [4.78, 5) is 0. The Morgan fingerprint density at radius 2 is 2.06 bits per heavy atom. The molecule has 0 spiro atoms. The average Bonchev–Trinajstić information content (AvgIpc) is 2.25. The Morgan fingerprint density at radius 1 is 1.44 bits per heavy atom. The Morgan fingerprint density at radius 3 is 2.62 bits per heavy atom. The van der Waals surface area contributed by atoms with E-state index in [1.165, 1.54) is 0 Å². The first-order chi connectivity index (χ1) is 7.44. The van der Waals surface area contributed by atoms with Crippen LogP contribution in [-0.4, -0.2) is 20.4 Å². The second kappa shape index (κ2) is 4.94. The monoisotopic (exact) mass is 239 g/mol. The van der Waals surface area contributed by atoms with E-state index in [-0.39, 0.29) is 0 Å². The van der Waals surface area contributed by atoms with E-state index in [1.54, 1.807) is 13.0 Å². The summed E-state index contributed by atoms with van der Waals surface area (Å²) in [5.74, 6) is 0. The topological polar surface area (TPSA) is 55.7 Å². The molecule has 0 amide bonds. The number of hydrogen-bond donors (Lipinski definition) is 0. The molecule has 0 saturated heterocycles. The van der Waals surface area contributed by atoms with Crippen molar-refractivity contribution in [2.24, 2.45) is 5.16 Å². The molecule has 0 radical (unpaired) electrons. The summed E-state index contributed by atoms with van der Waals surface area (Å²) in [5.41, 5.74) is 2.16. The molecule has 1 aromatic carbocycles. The molecular formula is C11H13NO3S. The summed E-state index contributed by atoms with van der Waals surface area (Å²) in [6.45, 7) is 5.34. The normalized spacial score (nSPS) is 12.2. The van der Waals surface area contributed by atoms with Gasteiger partial charge < -0.3 is 0 Å². The van der Waals surface area contributed by atoms with E-state index in [0.29, 0.717) is 5.71 Å². The molecule has 0 fully saturated rings. The van der Waals surface area contributed by atoms with Crippen LogP contribution >= 0.6 is 0 Å². The van der Waals surface area contributed by atoms with Crippen molar-refractivity contribution in [1.29, 1.82) is 0 Å². The summed E-state index contributed by atoms with van der Waals surface area (Å²) < 4.78 is 25.9. The van der Waals surface area contributed by atoms with E-state index >= 15 is 0 Å². The molecule has 0 heterocycles. The van der Waals surface area contributed by atoms with Crippen molar-refractivity contribution < 1.29 is 12.7 Å². The minimum Gasteiger partial charge on any atom is -0.268 e. The van der Waals surface area contributed by atoms with Gasteiger partial charge in [0.2, 0.25) is 0 Å². The highest BCUT2D eigenvalue weighted by atomic mass is 32.2. The fourth-order valence-electron chi connectivity index (χ4n) is 1.18. The summed E-state index contributed by atoms with van der Waals surface area (Å²) in [6, 6.07) is 7.39. The van der Waals surface area contributed by atoms with E-state index in [2.05, 4.69) is 16.0 Å². The first kappa shape index (κ1) is 12.4. The summed E-state index contributed by atoms with van der Waals surface area (Å²) in [7, 11) is -3.56. The molecule has 0 aromatic heterocycles. The third-order valence-corrected chi connectivity index (χ3v) is 2.23. The van der Waals surface area contributed by atoms with Crippen molar-refractivity contribution in [2.45, 2.75) is 6.92 Å². The van der Waals surface area contributed by atoms with Crippen LogP contribution in [0.25, 0.3) is 6.08 Å². The quantitative estimate of drug-likeness (QED) is 0.596. The van der Waals surface area contributed by atoms with Crippen molar-refractivity contribution in [3.8, 4) is 0 Å². The standard InChI is InChI=1S/C11H13NO3S/c1-4-10-7-5-6-8-11(10)9(2)12-15-16(3,13)14/h4-8H,1H2,2-3H3. The molecule has 4 nitrogen and oxygen atoms in total. The molecule has 0 bridgehead atoms.